The predicted octanol–water partition coefficient (Wildman–Crippen LogP) is 3.16. The van der Waals surface area contributed by atoms with Crippen molar-refractivity contribution >= 4 is 0 Å². The second-order valence-electron chi connectivity index (χ2n) is 4.57. The summed E-state index contributed by atoms with van der Waals surface area (Å²) >= 11 is 0. The van der Waals surface area contributed by atoms with E-state index in [1.807, 2.05) is 19.9 Å². The average Bonchev–Trinajstić information content (AvgIpc) is 2.29. The van der Waals surface area contributed by atoms with Crippen molar-refractivity contribution in [1.82, 2.24) is 5.43 Å². The molecule has 108 valence electrons. The Hall–Kier alpha value is -1.27. The van der Waals surface area contributed by atoms with E-state index in [1.165, 1.54) is 7.11 Å². The van der Waals surface area contributed by atoms with Gasteiger partial charge in [0.15, 0.2) is 0 Å². The summed E-state index contributed by atoms with van der Waals surface area (Å²) in [5.41, 5.74) is 4.98. The predicted molar refractivity (Wildman–Crippen MR) is 67.8 cm³/mol. The van der Waals surface area contributed by atoms with E-state index < -0.39 is 18.6 Å². The maximum atomic E-state index is 12.3. The third kappa shape index (κ3) is 4.40. The van der Waals surface area contributed by atoms with Crippen LogP contribution in [0.25, 0.3) is 0 Å². The summed E-state index contributed by atoms with van der Waals surface area (Å²) in [6.45, 7) is 3.74. The highest BCUT2D eigenvalue weighted by atomic mass is 19.4. The Morgan fingerprint density at radius 2 is 1.95 bits per heavy atom. The van der Waals surface area contributed by atoms with Crippen LogP contribution in [0.2, 0.25) is 0 Å². The van der Waals surface area contributed by atoms with Gasteiger partial charge in [0.25, 0.3) is 0 Å². The fourth-order valence-electron chi connectivity index (χ4n) is 2.17. The van der Waals surface area contributed by atoms with Crippen LogP contribution in [0.4, 0.5) is 13.2 Å². The molecule has 0 aliphatic rings. The fourth-order valence-corrected chi connectivity index (χ4v) is 2.17. The van der Waals surface area contributed by atoms with Gasteiger partial charge in [0, 0.05) is 12.0 Å². The summed E-state index contributed by atoms with van der Waals surface area (Å²) in [6, 6.07) is 3.10. The van der Waals surface area contributed by atoms with Crippen molar-refractivity contribution < 1.29 is 17.9 Å². The van der Waals surface area contributed by atoms with Crippen LogP contribution in [0.3, 0.4) is 0 Å². The van der Waals surface area contributed by atoms with Crippen molar-refractivity contribution in [2.75, 3.05) is 7.11 Å². The Bertz CT molecular complexity index is 433. The summed E-state index contributed by atoms with van der Waals surface area (Å²) in [7, 11) is 1.50. The summed E-state index contributed by atoms with van der Waals surface area (Å²) in [4.78, 5) is 0. The third-order valence-electron chi connectivity index (χ3n) is 2.98. The molecular weight excluding hydrogens is 257 g/mol. The van der Waals surface area contributed by atoms with Crippen molar-refractivity contribution in [1.29, 1.82) is 0 Å². The van der Waals surface area contributed by atoms with Crippen molar-refractivity contribution in [2.45, 2.75) is 38.9 Å². The van der Waals surface area contributed by atoms with Gasteiger partial charge in [-0.15, -0.1) is 0 Å². The van der Waals surface area contributed by atoms with E-state index in [4.69, 9.17) is 10.6 Å². The maximum Gasteiger partial charge on any atom is 0.389 e. The average molecular weight is 276 g/mol. The topological polar surface area (TPSA) is 47.3 Å². The first-order valence-corrected chi connectivity index (χ1v) is 5.96. The van der Waals surface area contributed by atoms with Crippen molar-refractivity contribution in [3.8, 4) is 5.75 Å². The molecule has 1 unspecified atom stereocenters. The molecule has 6 heteroatoms. The zero-order chi connectivity index (χ0) is 14.6. The third-order valence-corrected chi connectivity index (χ3v) is 2.98. The molecule has 19 heavy (non-hydrogen) atoms. The Balaban J connectivity index is 3.04. The van der Waals surface area contributed by atoms with Gasteiger partial charge in [0.2, 0.25) is 0 Å². The van der Waals surface area contributed by atoms with E-state index in [-0.39, 0.29) is 6.42 Å². The number of ether oxygens (including phenoxy) is 1. The van der Waals surface area contributed by atoms with Crippen LogP contribution in [0.1, 0.15) is 35.6 Å². The molecule has 0 saturated heterocycles. The van der Waals surface area contributed by atoms with E-state index in [0.717, 1.165) is 11.1 Å². The van der Waals surface area contributed by atoms with E-state index in [9.17, 15) is 13.2 Å². The van der Waals surface area contributed by atoms with Gasteiger partial charge < -0.3 is 4.74 Å². The quantitative estimate of drug-likeness (QED) is 0.641. The first kappa shape index (κ1) is 15.8. The van der Waals surface area contributed by atoms with Crippen molar-refractivity contribution in [3.05, 3.63) is 28.8 Å². The van der Waals surface area contributed by atoms with E-state index >= 15 is 0 Å². The van der Waals surface area contributed by atoms with Crippen LogP contribution < -0.4 is 16.0 Å². The molecule has 0 heterocycles. The van der Waals surface area contributed by atoms with Crippen LogP contribution >= 0.6 is 0 Å². The van der Waals surface area contributed by atoms with E-state index in [1.54, 1.807) is 6.07 Å². The lowest BCUT2D eigenvalue weighted by Gasteiger charge is -2.22. The van der Waals surface area contributed by atoms with Crippen LogP contribution in [0, 0.1) is 13.8 Å². The maximum absolute atomic E-state index is 12.3. The van der Waals surface area contributed by atoms with Gasteiger partial charge in [-0.1, -0.05) is 6.07 Å². The number of halogens is 3. The van der Waals surface area contributed by atoms with Gasteiger partial charge in [0.05, 0.1) is 13.2 Å². The molecule has 0 radical (unpaired) electrons. The molecule has 3 nitrogen and oxygen atoms in total. The number of benzene rings is 1. The zero-order valence-corrected chi connectivity index (χ0v) is 11.3. The lowest BCUT2D eigenvalue weighted by molar-refractivity contribution is -0.136. The fraction of sp³-hybridized carbons (Fsp3) is 0.538. The van der Waals surface area contributed by atoms with Gasteiger partial charge in [0.1, 0.15) is 5.75 Å². The summed E-state index contributed by atoms with van der Waals surface area (Å²) in [5.74, 6) is 5.95. The molecule has 1 atom stereocenters. The lowest BCUT2D eigenvalue weighted by Crippen LogP contribution is -2.30. The first-order valence-electron chi connectivity index (χ1n) is 5.96. The first-order chi connectivity index (χ1) is 8.78. The minimum absolute atomic E-state index is 0.125. The van der Waals surface area contributed by atoms with E-state index in [0.29, 0.717) is 11.3 Å². The van der Waals surface area contributed by atoms with Crippen molar-refractivity contribution in [3.63, 3.8) is 0 Å². The number of hydrogen-bond acceptors (Lipinski definition) is 3. The normalized spacial score (nSPS) is 13.4. The molecule has 0 bridgehead atoms. The van der Waals surface area contributed by atoms with E-state index in [2.05, 4.69) is 5.43 Å². The molecule has 0 amide bonds. The number of rotatable bonds is 5. The van der Waals surface area contributed by atoms with Crippen molar-refractivity contribution in [2.24, 2.45) is 5.84 Å². The Morgan fingerprint density at radius 3 is 2.42 bits per heavy atom. The Labute approximate surface area is 110 Å². The lowest BCUT2D eigenvalue weighted by atomic mass is 9.95. The Kier molecular flexibility index (Phi) is 5.20. The number of nitrogens with one attached hydrogen (secondary N) is 1. The molecular formula is C13H19F3N2O. The SMILES string of the molecule is COc1cc(C)cc(C)c1C(CCC(F)(F)F)NN. The molecule has 1 aromatic rings. The number of aryl methyl sites for hydroxylation is 2. The van der Waals surface area contributed by atoms with Crippen LogP contribution in [-0.2, 0) is 0 Å². The van der Waals surface area contributed by atoms with Gasteiger partial charge in [-0.3, -0.25) is 11.3 Å². The van der Waals surface area contributed by atoms with Gasteiger partial charge >= 0.3 is 6.18 Å². The van der Waals surface area contributed by atoms with Gasteiger partial charge in [-0.05, 0) is 37.5 Å². The minimum atomic E-state index is -4.19. The highest BCUT2D eigenvalue weighted by Gasteiger charge is 2.29. The number of alkyl halides is 3. The Morgan fingerprint density at radius 1 is 1.32 bits per heavy atom. The summed E-state index contributed by atoms with van der Waals surface area (Å²) < 4.78 is 42.2. The van der Waals surface area contributed by atoms with Crippen LogP contribution in [0.15, 0.2) is 12.1 Å². The summed E-state index contributed by atoms with van der Waals surface area (Å²) in [6.07, 6.45) is -5.21. The molecule has 0 aliphatic heterocycles. The van der Waals surface area contributed by atoms with Gasteiger partial charge in [-0.25, -0.2) is 0 Å². The highest BCUT2D eigenvalue weighted by molar-refractivity contribution is 5.45. The number of hydrazine groups is 1. The molecule has 0 spiro atoms. The molecule has 0 saturated carbocycles. The molecule has 1 rings (SSSR count). The smallest absolute Gasteiger partial charge is 0.389 e. The number of hydrogen-bond donors (Lipinski definition) is 2. The highest BCUT2D eigenvalue weighted by Crippen LogP contribution is 2.34. The molecule has 0 aliphatic carbocycles. The minimum Gasteiger partial charge on any atom is -0.496 e. The molecule has 0 fully saturated rings. The number of nitrogens with two attached hydrogens (primary N) is 1. The molecule has 1 aromatic carbocycles. The second kappa shape index (κ2) is 6.25. The summed E-state index contributed by atoms with van der Waals surface area (Å²) in [5, 5.41) is 0. The monoisotopic (exact) mass is 276 g/mol. The molecule has 3 N–H and O–H groups in total. The van der Waals surface area contributed by atoms with Crippen LogP contribution in [-0.4, -0.2) is 13.3 Å². The van der Waals surface area contributed by atoms with Gasteiger partial charge in [-0.2, -0.15) is 13.2 Å². The molecule has 0 aromatic heterocycles. The zero-order valence-electron chi connectivity index (χ0n) is 11.3. The standard InChI is InChI=1S/C13H19F3N2O/c1-8-6-9(2)12(11(7-8)19-3)10(18-17)4-5-13(14,15)16/h6-7,10,18H,4-5,17H2,1-3H3. The largest absolute Gasteiger partial charge is 0.496 e. The second-order valence-corrected chi connectivity index (χ2v) is 4.57. The number of methoxy groups -OCH3 is 1. The van der Waals surface area contributed by atoms with Crippen LogP contribution in [0.5, 0.6) is 5.75 Å².